The van der Waals surface area contributed by atoms with Crippen LogP contribution in [0.5, 0.6) is 0 Å². The van der Waals surface area contributed by atoms with Crippen molar-refractivity contribution in [2.24, 2.45) is 0 Å². The smallest absolute Gasteiger partial charge is 0.147 e. The number of halogens is 3. The highest BCUT2D eigenvalue weighted by atomic mass is 79.9. The third-order valence-electron chi connectivity index (χ3n) is 1.97. The van der Waals surface area contributed by atoms with E-state index in [2.05, 4.69) is 36.8 Å². The van der Waals surface area contributed by atoms with Crippen molar-refractivity contribution in [2.75, 3.05) is 32.2 Å². The zero-order valence-corrected chi connectivity index (χ0v) is 13.0. The minimum atomic E-state index is 0.254. The van der Waals surface area contributed by atoms with Crippen molar-refractivity contribution in [3.05, 3.63) is 21.8 Å². The van der Waals surface area contributed by atoms with Gasteiger partial charge in [-0.2, -0.15) is 0 Å². The van der Waals surface area contributed by atoms with Gasteiger partial charge in [0.15, 0.2) is 0 Å². The van der Waals surface area contributed by atoms with E-state index in [4.69, 9.17) is 16.3 Å². The number of hydrogen-bond donors (Lipinski definition) is 0. The van der Waals surface area contributed by atoms with Gasteiger partial charge in [0.05, 0.1) is 16.5 Å². The molecule has 0 radical (unpaired) electrons. The second kappa shape index (κ2) is 6.79. The van der Waals surface area contributed by atoms with Crippen LogP contribution in [0, 0.1) is 0 Å². The van der Waals surface area contributed by atoms with E-state index >= 15 is 0 Å². The maximum Gasteiger partial charge on any atom is 0.147 e. The molecule has 6 heteroatoms. The molecule has 0 aromatic carbocycles. The largest absolute Gasteiger partial charge is 0.383 e. The van der Waals surface area contributed by atoms with Gasteiger partial charge in [-0.15, -0.1) is 0 Å². The molecule has 0 saturated carbocycles. The number of hydrogen-bond acceptors (Lipinski definition) is 3. The van der Waals surface area contributed by atoms with E-state index in [9.17, 15) is 0 Å². The van der Waals surface area contributed by atoms with Gasteiger partial charge in [-0.3, -0.25) is 0 Å². The lowest BCUT2D eigenvalue weighted by molar-refractivity contribution is 0.201. The van der Waals surface area contributed by atoms with Crippen LogP contribution in [0.4, 0.5) is 5.82 Å². The maximum atomic E-state index is 6.10. The van der Waals surface area contributed by atoms with Crippen LogP contribution >= 0.6 is 43.5 Å². The van der Waals surface area contributed by atoms with E-state index in [1.165, 1.54) is 0 Å². The third-order valence-corrected chi connectivity index (χ3v) is 3.24. The van der Waals surface area contributed by atoms with E-state index in [-0.39, 0.29) is 4.83 Å². The molecule has 1 rings (SSSR count). The Morgan fingerprint density at radius 1 is 1.62 bits per heavy atom. The Labute approximate surface area is 117 Å². The zero-order chi connectivity index (χ0) is 12.1. The molecule has 0 aliphatic carbocycles. The van der Waals surface area contributed by atoms with Gasteiger partial charge < -0.3 is 9.64 Å². The number of rotatable bonds is 5. The van der Waals surface area contributed by atoms with Crippen molar-refractivity contribution < 1.29 is 4.74 Å². The number of anilines is 1. The summed E-state index contributed by atoms with van der Waals surface area (Å²) in [5.41, 5.74) is 0. The SMILES string of the molecule is COCC(Br)CN(C)c1ncc(Br)cc1Cl. The lowest BCUT2D eigenvalue weighted by atomic mass is 10.4. The van der Waals surface area contributed by atoms with Crippen molar-refractivity contribution in [2.45, 2.75) is 4.83 Å². The summed E-state index contributed by atoms with van der Waals surface area (Å²) < 4.78 is 5.93. The number of nitrogens with zero attached hydrogens (tertiary/aromatic N) is 2. The summed E-state index contributed by atoms with van der Waals surface area (Å²) >= 11 is 13.0. The third kappa shape index (κ3) is 4.20. The Balaban J connectivity index is 2.69. The molecule has 3 nitrogen and oxygen atoms in total. The highest BCUT2D eigenvalue weighted by molar-refractivity contribution is 9.10. The zero-order valence-electron chi connectivity index (χ0n) is 9.08. The van der Waals surface area contributed by atoms with Gasteiger partial charge in [-0.25, -0.2) is 4.98 Å². The molecule has 1 unspecified atom stereocenters. The van der Waals surface area contributed by atoms with Crippen LogP contribution in [0.1, 0.15) is 0 Å². The molecule has 0 fully saturated rings. The number of pyridine rings is 1. The van der Waals surface area contributed by atoms with Crippen molar-refractivity contribution >= 4 is 49.3 Å². The molecule has 1 heterocycles. The molecule has 0 bridgehead atoms. The molecule has 0 spiro atoms. The monoisotopic (exact) mass is 370 g/mol. The van der Waals surface area contributed by atoms with Gasteiger partial charge in [0, 0.05) is 31.4 Å². The van der Waals surface area contributed by atoms with E-state index in [0.717, 1.165) is 16.8 Å². The van der Waals surface area contributed by atoms with Crippen LogP contribution in [-0.4, -0.2) is 37.1 Å². The summed E-state index contributed by atoms with van der Waals surface area (Å²) in [5, 5.41) is 0.633. The summed E-state index contributed by atoms with van der Waals surface area (Å²) in [4.78, 5) is 6.52. The first-order valence-electron chi connectivity index (χ1n) is 4.69. The summed E-state index contributed by atoms with van der Waals surface area (Å²) in [6.45, 7) is 1.43. The van der Waals surface area contributed by atoms with Crippen molar-refractivity contribution in [3.63, 3.8) is 0 Å². The average Bonchev–Trinajstić information content (AvgIpc) is 2.17. The summed E-state index contributed by atoms with van der Waals surface area (Å²) in [7, 11) is 3.63. The van der Waals surface area contributed by atoms with Crippen LogP contribution in [-0.2, 0) is 4.74 Å². The highest BCUT2D eigenvalue weighted by Gasteiger charge is 2.12. The Hall–Kier alpha value is 0.160. The van der Waals surface area contributed by atoms with E-state index in [1.807, 2.05) is 18.0 Å². The van der Waals surface area contributed by atoms with Gasteiger partial charge in [-0.1, -0.05) is 27.5 Å². The fourth-order valence-corrected chi connectivity index (χ4v) is 2.78. The van der Waals surface area contributed by atoms with Crippen LogP contribution in [0.3, 0.4) is 0 Å². The number of aromatic nitrogens is 1. The minimum Gasteiger partial charge on any atom is -0.383 e. The van der Waals surface area contributed by atoms with Gasteiger partial charge in [0.1, 0.15) is 5.82 Å². The molecular weight excluding hydrogens is 359 g/mol. The predicted octanol–water partition coefficient (Wildman–Crippen LogP) is 3.34. The number of alkyl halides is 1. The van der Waals surface area contributed by atoms with Gasteiger partial charge >= 0.3 is 0 Å². The minimum absolute atomic E-state index is 0.254. The summed E-state index contributed by atoms with van der Waals surface area (Å²) in [6.07, 6.45) is 1.73. The first kappa shape index (κ1) is 14.2. The van der Waals surface area contributed by atoms with Crippen molar-refractivity contribution in [1.82, 2.24) is 4.98 Å². The molecule has 16 heavy (non-hydrogen) atoms. The standard InChI is InChI=1S/C10H13Br2ClN2O/c1-15(5-8(12)6-16-2)10-9(13)3-7(11)4-14-10/h3-4,8H,5-6H2,1-2H3. The lowest BCUT2D eigenvalue weighted by Gasteiger charge is -2.22. The lowest BCUT2D eigenvalue weighted by Crippen LogP contribution is -2.29. The fraction of sp³-hybridized carbons (Fsp3) is 0.500. The van der Waals surface area contributed by atoms with Gasteiger partial charge in [0.2, 0.25) is 0 Å². The van der Waals surface area contributed by atoms with Gasteiger partial charge in [0.25, 0.3) is 0 Å². The Morgan fingerprint density at radius 2 is 2.31 bits per heavy atom. The maximum absolute atomic E-state index is 6.10. The second-order valence-electron chi connectivity index (χ2n) is 3.39. The fourth-order valence-electron chi connectivity index (χ4n) is 1.31. The van der Waals surface area contributed by atoms with Crippen molar-refractivity contribution in [1.29, 1.82) is 0 Å². The number of ether oxygens (including phenoxy) is 1. The van der Waals surface area contributed by atoms with Crippen molar-refractivity contribution in [3.8, 4) is 0 Å². The molecular formula is C10H13Br2ClN2O. The van der Waals surface area contributed by atoms with Crippen LogP contribution in [0.15, 0.2) is 16.7 Å². The van der Waals surface area contributed by atoms with E-state index in [0.29, 0.717) is 11.6 Å². The Bertz CT molecular complexity index is 352. The highest BCUT2D eigenvalue weighted by Crippen LogP contribution is 2.25. The number of methoxy groups -OCH3 is 1. The predicted molar refractivity (Wildman–Crippen MR) is 74.8 cm³/mol. The molecule has 90 valence electrons. The first-order valence-corrected chi connectivity index (χ1v) is 6.78. The molecule has 1 aromatic rings. The topological polar surface area (TPSA) is 25.4 Å². The van der Waals surface area contributed by atoms with Crippen LogP contribution in [0.25, 0.3) is 0 Å². The normalized spacial score (nSPS) is 12.6. The quantitative estimate of drug-likeness (QED) is 0.742. The molecule has 0 amide bonds. The second-order valence-corrected chi connectivity index (χ2v) is 6.01. The van der Waals surface area contributed by atoms with E-state index < -0.39 is 0 Å². The summed E-state index contributed by atoms with van der Waals surface area (Å²) in [5.74, 6) is 0.769. The Morgan fingerprint density at radius 3 is 2.88 bits per heavy atom. The molecule has 1 aromatic heterocycles. The van der Waals surface area contributed by atoms with Gasteiger partial charge in [-0.05, 0) is 22.0 Å². The molecule has 0 aliphatic rings. The Kier molecular flexibility index (Phi) is 6.03. The first-order chi connectivity index (χ1) is 7.54. The molecule has 0 N–H and O–H groups in total. The average molecular weight is 372 g/mol. The molecule has 1 atom stereocenters. The van der Waals surface area contributed by atoms with Crippen LogP contribution in [0.2, 0.25) is 5.02 Å². The summed E-state index contributed by atoms with van der Waals surface area (Å²) in [6, 6.07) is 1.83. The molecule has 0 aliphatic heterocycles. The van der Waals surface area contributed by atoms with Crippen LogP contribution < -0.4 is 4.90 Å². The molecule has 0 saturated heterocycles. The van der Waals surface area contributed by atoms with E-state index in [1.54, 1.807) is 13.3 Å².